The van der Waals surface area contributed by atoms with Crippen molar-refractivity contribution >= 4 is 11.4 Å². The summed E-state index contributed by atoms with van der Waals surface area (Å²) in [5.41, 5.74) is 6.94. The third-order valence-electron chi connectivity index (χ3n) is 3.77. The third-order valence-corrected chi connectivity index (χ3v) is 3.77. The Kier molecular flexibility index (Phi) is 2.78. The van der Waals surface area contributed by atoms with Crippen LogP contribution in [0.3, 0.4) is 0 Å². The van der Waals surface area contributed by atoms with Crippen molar-refractivity contribution < 1.29 is 13.9 Å². The smallest absolute Gasteiger partial charge is 0.167 e. The predicted octanol–water partition coefficient (Wildman–Crippen LogP) is 2.15. The number of nitrogens with two attached hydrogens (primary N) is 1. The number of benzene rings is 1. The van der Waals surface area contributed by atoms with Crippen LogP contribution in [-0.2, 0) is 4.74 Å². The van der Waals surface area contributed by atoms with Gasteiger partial charge in [0.1, 0.15) is 0 Å². The Labute approximate surface area is 105 Å². The van der Waals surface area contributed by atoms with Crippen molar-refractivity contribution in [2.24, 2.45) is 0 Å². The lowest BCUT2D eigenvalue weighted by molar-refractivity contribution is 0.102. The van der Waals surface area contributed by atoms with Crippen LogP contribution in [0.2, 0.25) is 0 Å². The van der Waals surface area contributed by atoms with E-state index in [9.17, 15) is 4.39 Å². The molecule has 2 aliphatic rings. The SMILES string of the molecule is COc1cc(NC2CC3CCC2O3)c(N)cc1F. The summed E-state index contributed by atoms with van der Waals surface area (Å²) in [5.74, 6) is -0.236. The largest absolute Gasteiger partial charge is 0.494 e. The van der Waals surface area contributed by atoms with E-state index in [4.69, 9.17) is 15.2 Å². The van der Waals surface area contributed by atoms with Crippen molar-refractivity contribution in [1.29, 1.82) is 0 Å². The van der Waals surface area contributed by atoms with Crippen LogP contribution in [0.4, 0.5) is 15.8 Å². The monoisotopic (exact) mass is 252 g/mol. The Hall–Kier alpha value is -1.49. The van der Waals surface area contributed by atoms with E-state index in [0.717, 1.165) is 24.9 Å². The van der Waals surface area contributed by atoms with Gasteiger partial charge in [-0.05, 0) is 19.3 Å². The molecular formula is C13H17FN2O2. The first-order valence-electron chi connectivity index (χ1n) is 6.22. The van der Waals surface area contributed by atoms with Crippen LogP contribution < -0.4 is 15.8 Å². The summed E-state index contributed by atoms with van der Waals surface area (Å²) in [7, 11) is 1.44. The van der Waals surface area contributed by atoms with Gasteiger partial charge in [-0.3, -0.25) is 0 Å². The fraction of sp³-hybridized carbons (Fsp3) is 0.538. The summed E-state index contributed by atoms with van der Waals surface area (Å²) >= 11 is 0. The first-order valence-corrected chi connectivity index (χ1v) is 6.22. The van der Waals surface area contributed by atoms with Crippen molar-refractivity contribution in [3.8, 4) is 5.75 Å². The molecule has 98 valence electrons. The van der Waals surface area contributed by atoms with Gasteiger partial charge in [-0.25, -0.2) is 4.39 Å². The van der Waals surface area contributed by atoms with Crippen molar-refractivity contribution in [1.82, 2.24) is 0 Å². The molecule has 18 heavy (non-hydrogen) atoms. The normalized spacial score (nSPS) is 29.6. The van der Waals surface area contributed by atoms with Crippen LogP contribution in [0.1, 0.15) is 19.3 Å². The van der Waals surface area contributed by atoms with Gasteiger partial charge in [0, 0.05) is 12.1 Å². The van der Waals surface area contributed by atoms with Crippen LogP contribution in [0.15, 0.2) is 12.1 Å². The first-order chi connectivity index (χ1) is 8.67. The number of hydrogen-bond acceptors (Lipinski definition) is 4. The Morgan fingerprint density at radius 3 is 2.89 bits per heavy atom. The number of nitrogens with one attached hydrogen (secondary N) is 1. The minimum absolute atomic E-state index is 0.204. The van der Waals surface area contributed by atoms with E-state index in [1.54, 1.807) is 6.07 Å². The number of anilines is 2. The molecule has 0 aromatic heterocycles. The summed E-state index contributed by atoms with van der Waals surface area (Å²) in [4.78, 5) is 0. The Morgan fingerprint density at radius 2 is 2.28 bits per heavy atom. The molecule has 3 rings (SSSR count). The Bertz CT molecular complexity index is 467. The van der Waals surface area contributed by atoms with Gasteiger partial charge in [-0.2, -0.15) is 0 Å². The molecule has 3 unspecified atom stereocenters. The minimum Gasteiger partial charge on any atom is -0.494 e. The maximum absolute atomic E-state index is 13.4. The van der Waals surface area contributed by atoms with Crippen LogP contribution in [0, 0.1) is 5.82 Å². The van der Waals surface area contributed by atoms with Gasteiger partial charge in [0.25, 0.3) is 0 Å². The van der Waals surface area contributed by atoms with Gasteiger partial charge in [0.15, 0.2) is 11.6 Å². The molecule has 2 saturated heterocycles. The number of methoxy groups -OCH3 is 1. The van der Waals surface area contributed by atoms with E-state index in [1.165, 1.54) is 13.2 Å². The highest BCUT2D eigenvalue weighted by Gasteiger charge is 2.40. The van der Waals surface area contributed by atoms with Crippen molar-refractivity contribution in [3.05, 3.63) is 17.9 Å². The molecule has 0 aliphatic carbocycles. The highest BCUT2D eigenvalue weighted by molar-refractivity contribution is 5.69. The topological polar surface area (TPSA) is 56.5 Å². The predicted molar refractivity (Wildman–Crippen MR) is 67.3 cm³/mol. The fourth-order valence-corrected chi connectivity index (χ4v) is 2.84. The first kappa shape index (κ1) is 11.6. The van der Waals surface area contributed by atoms with E-state index in [-0.39, 0.29) is 17.9 Å². The van der Waals surface area contributed by atoms with E-state index >= 15 is 0 Å². The number of hydrogen-bond donors (Lipinski definition) is 2. The van der Waals surface area contributed by atoms with Crippen LogP contribution in [-0.4, -0.2) is 25.4 Å². The van der Waals surface area contributed by atoms with Gasteiger partial charge in [0.2, 0.25) is 0 Å². The van der Waals surface area contributed by atoms with Gasteiger partial charge in [0.05, 0.1) is 36.7 Å². The number of ether oxygens (including phenoxy) is 2. The molecule has 4 nitrogen and oxygen atoms in total. The van der Waals surface area contributed by atoms with Crippen molar-refractivity contribution in [2.75, 3.05) is 18.2 Å². The Morgan fingerprint density at radius 1 is 1.44 bits per heavy atom. The molecule has 0 amide bonds. The van der Waals surface area contributed by atoms with E-state index in [0.29, 0.717) is 11.8 Å². The maximum atomic E-state index is 13.4. The van der Waals surface area contributed by atoms with Gasteiger partial charge in [-0.15, -0.1) is 0 Å². The molecule has 3 N–H and O–H groups in total. The molecule has 2 fully saturated rings. The summed E-state index contributed by atoms with van der Waals surface area (Å²) in [5, 5.41) is 3.35. The number of rotatable bonds is 3. The molecule has 1 aromatic carbocycles. The van der Waals surface area contributed by atoms with Gasteiger partial charge in [-0.1, -0.05) is 0 Å². The third kappa shape index (κ3) is 1.88. The molecule has 0 saturated carbocycles. The zero-order valence-electron chi connectivity index (χ0n) is 10.3. The standard InChI is InChI=1S/C13H17FN2O2/c1-17-13-6-10(9(15)5-8(13)14)16-11-4-7-2-3-12(11)18-7/h5-7,11-12,16H,2-4,15H2,1H3. The number of nitrogen functional groups attached to an aromatic ring is 1. The molecule has 0 spiro atoms. The second kappa shape index (κ2) is 4.31. The molecule has 5 heteroatoms. The molecule has 1 aromatic rings. The van der Waals surface area contributed by atoms with E-state index in [2.05, 4.69) is 5.32 Å². The van der Waals surface area contributed by atoms with Gasteiger partial charge < -0.3 is 20.5 Å². The Balaban J connectivity index is 1.80. The van der Waals surface area contributed by atoms with E-state index in [1.807, 2.05) is 0 Å². The molecule has 0 radical (unpaired) electrons. The summed E-state index contributed by atoms with van der Waals surface area (Å²) in [6.45, 7) is 0. The maximum Gasteiger partial charge on any atom is 0.167 e. The summed E-state index contributed by atoms with van der Waals surface area (Å²) in [6.07, 6.45) is 3.84. The lowest BCUT2D eigenvalue weighted by Gasteiger charge is -2.22. The summed E-state index contributed by atoms with van der Waals surface area (Å²) in [6, 6.07) is 3.16. The molecule has 3 atom stereocenters. The number of halogens is 1. The highest BCUT2D eigenvalue weighted by Crippen LogP contribution is 2.37. The van der Waals surface area contributed by atoms with Crippen LogP contribution >= 0.6 is 0 Å². The molecule has 2 bridgehead atoms. The second-order valence-electron chi connectivity index (χ2n) is 4.93. The molecule has 2 aliphatic heterocycles. The highest BCUT2D eigenvalue weighted by atomic mass is 19.1. The van der Waals surface area contributed by atoms with Crippen LogP contribution in [0.25, 0.3) is 0 Å². The molecule has 2 heterocycles. The quantitative estimate of drug-likeness (QED) is 0.809. The zero-order valence-corrected chi connectivity index (χ0v) is 10.3. The van der Waals surface area contributed by atoms with E-state index < -0.39 is 5.82 Å². The summed E-state index contributed by atoms with van der Waals surface area (Å²) < 4.78 is 24.2. The second-order valence-corrected chi connectivity index (χ2v) is 4.93. The average molecular weight is 252 g/mol. The number of fused-ring (bicyclic) bond motifs is 2. The lowest BCUT2D eigenvalue weighted by atomic mass is 9.95. The lowest BCUT2D eigenvalue weighted by Crippen LogP contribution is -2.30. The van der Waals surface area contributed by atoms with Crippen molar-refractivity contribution in [3.63, 3.8) is 0 Å². The minimum atomic E-state index is -0.440. The fourth-order valence-electron chi connectivity index (χ4n) is 2.84. The zero-order chi connectivity index (χ0) is 12.7. The average Bonchev–Trinajstić information content (AvgIpc) is 2.94. The molecular weight excluding hydrogens is 235 g/mol. The van der Waals surface area contributed by atoms with Crippen molar-refractivity contribution in [2.45, 2.75) is 37.5 Å². The van der Waals surface area contributed by atoms with Crippen LogP contribution in [0.5, 0.6) is 5.75 Å². The van der Waals surface area contributed by atoms with Gasteiger partial charge >= 0.3 is 0 Å².